The van der Waals surface area contributed by atoms with E-state index in [1.165, 1.54) is 4.90 Å². The molecule has 1 aliphatic heterocycles. The minimum Gasteiger partial charge on any atom is -0.336 e. The molecule has 0 aromatic heterocycles. The lowest BCUT2D eigenvalue weighted by molar-refractivity contribution is 0.220. The molecule has 1 heterocycles. The fourth-order valence-electron chi connectivity index (χ4n) is 1.46. The molecule has 0 aromatic carbocycles. The Morgan fingerprint density at radius 2 is 2.27 bits per heavy atom. The van der Waals surface area contributed by atoms with Crippen LogP contribution in [0.3, 0.4) is 0 Å². The molecule has 0 aliphatic carbocycles. The molecule has 0 bridgehead atoms. The first-order chi connectivity index (χ1) is 6.91. The van der Waals surface area contributed by atoms with Crippen molar-refractivity contribution >= 4 is 15.9 Å². The average molecular weight is 235 g/mol. The lowest BCUT2D eigenvalue weighted by Crippen LogP contribution is -2.35. The highest BCUT2D eigenvalue weighted by molar-refractivity contribution is 7.91. The topological polar surface area (TPSA) is 92.5 Å². The van der Waals surface area contributed by atoms with E-state index in [9.17, 15) is 13.2 Å². The van der Waals surface area contributed by atoms with Crippen molar-refractivity contribution < 1.29 is 13.2 Å². The third kappa shape index (κ3) is 4.05. The Morgan fingerprint density at radius 3 is 2.73 bits per heavy atom. The van der Waals surface area contributed by atoms with Gasteiger partial charge < -0.3 is 16.0 Å². The number of urea groups is 1. The van der Waals surface area contributed by atoms with Gasteiger partial charge in [0.15, 0.2) is 9.84 Å². The number of nitrogens with one attached hydrogen (secondary N) is 1. The molecule has 3 N–H and O–H groups in total. The second kappa shape index (κ2) is 4.80. The third-order valence-corrected chi connectivity index (χ3v) is 3.97. The highest BCUT2D eigenvalue weighted by atomic mass is 32.2. The second-order valence-electron chi connectivity index (χ2n) is 3.81. The standard InChI is InChI=1S/C8H17N3O3S/c1-7(9)6-15(13,14)5-4-11-3-2-10-8(11)12/h7H,2-6,9H2,1H3,(H,10,12). The molecule has 7 heteroatoms. The van der Waals surface area contributed by atoms with Crippen molar-refractivity contribution in [3.05, 3.63) is 0 Å². The molecule has 15 heavy (non-hydrogen) atoms. The van der Waals surface area contributed by atoms with Crippen LogP contribution in [0, 0.1) is 0 Å². The van der Waals surface area contributed by atoms with Gasteiger partial charge in [-0.25, -0.2) is 13.2 Å². The van der Waals surface area contributed by atoms with Crippen molar-refractivity contribution in [2.45, 2.75) is 13.0 Å². The zero-order valence-electron chi connectivity index (χ0n) is 8.77. The number of sulfone groups is 1. The summed E-state index contributed by atoms with van der Waals surface area (Å²) >= 11 is 0. The van der Waals surface area contributed by atoms with E-state index in [4.69, 9.17) is 5.73 Å². The third-order valence-electron chi connectivity index (χ3n) is 2.13. The summed E-state index contributed by atoms with van der Waals surface area (Å²) in [7, 11) is -3.14. The Hall–Kier alpha value is -0.820. The van der Waals surface area contributed by atoms with Gasteiger partial charge >= 0.3 is 6.03 Å². The van der Waals surface area contributed by atoms with Gasteiger partial charge in [0.1, 0.15) is 0 Å². The molecule has 1 saturated heterocycles. The summed E-state index contributed by atoms with van der Waals surface area (Å²) in [6.45, 7) is 3.07. The lowest BCUT2D eigenvalue weighted by atomic mass is 10.4. The molecule has 1 fully saturated rings. The summed E-state index contributed by atoms with van der Waals surface area (Å²) in [5.41, 5.74) is 5.42. The van der Waals surface area contributed by atoms with Crippen molar-refractivity contribution in [1.29, 1.82) is 0 Å². The second-order valence-corrected chi connectivity index (χ2v) is 6.04. The van der Waals surface area contributed by atoms with Gasteiger partial charge in [0.25, 0.3) is 0 Å². The fraction of sp³-hybridized carbons (Fsp3) is 0.875. The van der Waals surface area contributed by atoms with Gasteiger partial charge in [0.05, 0.1) is 11.5 Å². The van der Waals surface area contributed by atoms with Crippen LogP contribution < -0.4 is 11.1 Å². The number of hydrogen-bond donors (Lipinski definition) is 2. The predicted octanol–water partition coefficient (Wildman–Crippen LogP) is -1.23. The van der Waals surface area contributed by atoms with E-state index in [0.29, 0.717) is 13.1 Å². The van der Waals surface area contributed by atoms with E-state index >= 15 is 0 Å². The molecule has 0 radical (unpaired) electrons. The van der Waals surface area contributed by atoms with Crippen molar-refractivity contribution in [2.75, 3.05) is 31.1 Å². The molecule has 0 spiro atoms. The minimum atomic E-state index is -3.14. The summed E-state index contributed by atoms with van der Waals surface area (Å²) in [4.78, 5) is 12.6. The molecular formula is C8H17N3O3S. The van der Waals surface area contributed by atoms with Crippen LogP contribution in [0.4, 0.5) is 4.79 Å². The van der Waals surface area contributed by atoms with Crippen molar-refractivity contribution in [3.63, 3.8) is 0 Å². The zero-order valence-corrected chi connectivity index (χ0v) is 9.59. The Morgan fingerprint density at radius 1 is 1.60 bits per heavy atom. The molecule has 0 saturated carbocycles. The molecule has 1 rings (SSSR count). The molecule has 1 unspecified atom stereocenters. The molecule has 6 nitrogen and oxygen atoms in total. The van der Waals surface area contributed by atoms with Crippen LogP contribution in [-0.4, -0.2) is 56.5 Å². The van der Waals surface area contributed by atoms with Crippen LogP contribution in [0.25, 0.3) is 0 Å². The van der Waals surface area contributed by atoms with Gasteiger partial charge in [-0.05, 0) is 6.92 Å². The smallest absolute Gasteiger partial charge is 0.317 e. The SMILES string of the molecule is CC(N)CS(=O)(=O)CCN1CCNC1=O. The van der Waals surface area contributed by atoms with E-state index in [1.807, 2.05) is 0 Å². The zero-order chi connectivity index (χ0) is 11.5. The van der Waals surface area contributed by atoms with Gasteiger partial charge in [0.2, 0.25) is 0 Å². The van der Waals surface area contributed by atoms with Gasteiger partial charge in [-0.3, -0.25) is 0 Å². The highest BCUT2D eigenvalue weighted by Crippen LogP contribution is 1.99. The normalized spacial score (nSPS) is 19.1. The number of carbonyl (C=O) groups is 1. The first-order valence-electron chi connectivity index (χ1n) is 4.89. The molecule has 0 aromatic rings. The number of carbonyl (C=O) groups excluding carboxylic acids is 1. The summed E-state index contributed by atoms with van der Waals surface area (Å²) in [5, 5.41) is 2.61. The maximum atomic E-state index is 11.5. The molecule has 1 atom stereocenters. The number of nitrogens with zero attached hydrogens (tertiary/aromatic N) is 1. The Kier molecular flexibility index (Phi) is 3.92. The van der Waals surface area contributed by atoms with E-state index in [0.717, 1.165) is 0 Å². The predicted molar refractivity (Wildman–Crippen MR) is 57.3 cm³/mol. The van der Waals surface area contributed by atoms with E-state index < -0.39 is 9.84 Å². The van der Waals surface area contributed by atoms with Gasteiger partial charge in [-0.15, -0.1) is 0 Å². The van der Waals surface area contributed by atoms with Gasteiger partial charge in [-0.1, -0.05) is 0 Å². The monoisotopic (exact) mass is 235 g/mol. The van der Waals surface area contributed by atoms with E-state index in [1.54, 1.807) is 6.92 Å². The summed E-state index contributed by atoms with van der Waals surface area (Å²) in [5.74, 6) is -0.0373. The summed E-state index contributed by atoms with van der Waals surface area (Å²) in [6, 6.07) is -0.548. The Labute approximate surface area is 89.7 Å². The van der Waals surface area contributed by atoms with Gasteiger partial charge in [-0.2, -0.15) is 0 Å². The number of rotatable bonds is 5. The van der Waals surface area contributed by atoms with Gasteiger partial charge in [0, 0.05) is 25.7 Å². The number of hydrogen-bond acceptors (Lipinski definition) is 4. The maximum Gasteiger partial charge on any atom is 0.317 e. The van der Waals surface area contributed by atoms with Crippen LogP contribution in [0.1, 0.15) is 6.92 Å². The quantitative estimate of drug-likeness (QED) is 0.624. The van der Waals surface area contributed by atoms with Crippen LogP contribution in [0.15, 0.2) is 0 Å². The van der Waals surface area contributed by atoms with Crippen LogP contribution >= 0.6 is 0 Å². The first-order valence-corrected chi connectivity index (χ1v) is 6.71. The number of amides is 2. The van der Waals surface area contributed by atoms with E-state index in [-0.39, 0.29) is 30.1 Å². The number of nitrogens with two attached hydrogens (primary N) is 1. The molecule has 1 aliphatic rings. The summed E-state index contributed by atoms with van der Waals surface area (Å²) < 4.78 is 22.9. The highest BCUT2D eigenvalue weighted by Gasteiger charge is 2.22. The fourth-order valence-corrected chi connectivity index (χ4v) is 2.92. The van der Waals surface area contributed by atoms with Crippen molar-refractivity contribution in [1.82, 2.24) is 10.2 Å². The van der Waals surface area contributed by atoms with Crippen molar-refractivity contribution in [3.8, 4) is 0 Å². The molecule has 88 valence electrons. The van der Waals surface area contributed by atoms with E-state index in [2.05, 4.69) is 5.32 Å². The Bertz CT molecular complexity index is 326. The first kappa shape index (κ1) is 12.3. The largest absolute Gasteiger partial charge is 0.336 e. The molecule has 2 amide bonds. The maximum absolute atomic E-state index is 11.5. The van der Waals surface area contributed by atoms with Crippen LogP contribution in [0.2, 0.25) is 0 Å². The minimum absolute atomic E-state index is 0.0119. The van der Waals surface area contributed by atoms with Crippen LogP contribution in [-0.2, 0) is 9.84 Å². The van der Waals surface area contributed by atoms with Crippen molar-refractivity contribution in [2.24, 2.45) is 5.73 Å². The molecular weight excluding hydrogens is 218 g/mol. The lowest BCUT2D eigenvalue weighted by Gasteiger charge is -2.14. The summed E-state index contributed by atoms with van der Waals surface area (Å²) in [6.07, 6.45) is 0. The Balaban J connectivity index is 2.39. The van der Waals surface area contributed by atoms with Crippen LogP contribution in [0.5, 0.6) is 0 Å². The average Bonchev–Trinajstić information content (AvgIpc) is 2.45.